The molecular weight excluding hydrogens is 298 g/mol. The van der Waals surface area contributed by atoms with E-state index in [-0.39, 0.29) is 12.8 Å². The fourth-order valence-electron chi connectivity index (χ4n) is 2.23. The first-order valence-electron chi connectivity index (χ1n) is 6.91. The van der Waals surface area contributed by atoms with Crippen LogP contribution in [-0.4, -0.2) is 29.6 Å². The molecule has 1 aromatic carbocycles. The Hall–Kier alpha value is -2.94. The molecular formula is C17H17NO5. The second kappa shape index (κ2) is 6.44. The molecule has 0 aliphatic carbocycles. The number of hydrogen-bond donors (Lipinski definition) is 2. The van der Waals surface area contributed by atoms with Gasteiger partial charge in [0.2, 0.25) is 5.91 Å². The number of terminal acetylenes is 1. The minimum Gasteiger partial charge on any atom is -0.497 e. The van der Waals surface area contributed by atoms with Gasteiger partial charge in [-0.25, -0.2) is 4.79 Å². The number of methoxy groups -OCH3 is 1. The van der Waals surface area contributed by atoms with Gasteiger partial charge in [-0.3, -0.25) is 4.79 Å². The zero-order valence-electron chi connectivity index (χ0n) is 12.9. The van der Waals surface area contributed by atoms with Gasteiger partial charge in [0.1, 0.15) is 16.9 Å². The molecule has 0 radical (unpaired) electrons. The molecule has 0 bridgehead atoms. The smallest absolute Gasteiger partial charge is 0.330 e. The van der Waals surface area contributed by atoms with Crippen molar-refractivity contribution in [3.63, 3.8) is 0 Å². The van der Waals surface area contributed by atoms with Crippen LogP contribution in [0.5, 0.6) is 5.75 Å². The summed E-state index contributed by atoms with van der Waals surface area (Å²) in [5.41, 5.74) is -0.237. The van der Waals surface area contributed by atoms with Gasteiger partial charge in [0, 0.05) is 23.4 Å². The highest BCUT2D eigenvalue weighted by Gasteiger charge is 2.34. The van der Waals surface area contributed by atoms with Crippen molar-refractivity contribution in [3.8, 4) is 18.1 Å². The predicted molar refractivity (Wildman–Crippen MR) is 84.1 cm³/mol. The Balaban J connectivity index is 2.17. The Morgan fingerprint density at radius 2 is 2.22 bits per heavy atom. The first-order valence-corrected chi connectivity index (χ1v) is 6.91. The maximum absolute atomic E-state index is 12.2. The molecule has 1 amide bonds. The number of carbonyl (C=O) groups is 2. The van der Waals surface area contributed by atoms with Crippen LogP contribution < -0.4 is 10.1 Å². The maximum Gasteiger partial charge on any atom is 0.330 e. The molecule has 6 heteroatoms. The van der Waals surface area contributed by atoms with Crippen molar-refractivity contribution < 1.29 is 23.8 Å². The second-order valence-electron chi connectivity index (χ2n) is 5.37. The lowest BCUT2D eigenvalue weighted by molar-refractivity contribution is -0.146. The van der Waals surface area contributed by atoms with E-state index in [9.17, 15) is 14.7 Å². The van der Waals surface area contributed by atoms with Crippen molar-refractivity contribution in [2.24, 2.45) is 0 Å². The fourth-order valence-corrected chi connectivity index (χ4v) is 2.23. The number of amides is 1. The molecule has 0 saturated heterocycles. The number of carbonyl (C=O) groups excluding carboxylic acids is 1. The Kier molecular flexibility index (Phi) is 4.60. The van der Waals surface area contributed by atoms with Crippen LogP contribution in [0.1, 0.15) is 18.9 Å². The van der Waals surface area contributed by atoms with E-state index in [4.69, 9.17) is 15.6 Å². The molecule has 0 fully saturated rings. The summed E-state index contributed by atoms with van der Waals surface area (Å²) in [4.78, 5) is 23.5. The number of hydrogen-bond acceptors (Lipinski definition) is 4. The van der Waals surface area contributed by atoms with Crippen LogP contribution in [0.15, 0.2) is 28.9 Å². The molecule has 1 atom stereocenters. The van der Waals surface area contributed by atoms with Crippen LogP contribution >= 0.6 is 0 Å². The average molecular weight is 315 g/mol. The number of ether oxygens (including phenoxy) is 1. The standard InChI is InChI=1S/C17H17NO5/c1-4-7-17(2,16(20)21)18-15(19)8-11-10-23-14-9-12(22-3)5-6-13(11)14/h1,5-6,9-10H,7-8H2,2-3H3,(H,18,19)(H,20,21)/t17-/m1/s1. The predicted octanol–water partition coefficient (Wildman–Crippen LogP) is 1.97. The molecule has 1 heterocycles. The molecule has 0 aliphatic heterocycles. The zero-order valence-corrected chi connectivity index (χ0v) is 12.9. The van der Waals surface area contributed by atoms with Crippen LogP contribution in [0.3, 0.4) is 0 Å². The summed E-state index contributed by atoms with van der Waals surface area (Å²) in [7, 11) is 1.55. The average Bonchev–Trinajstić information content (AvgIpc) is 2.89. The number of carboxylic acids is 1. The summed E-state index contributed by atoms with van der Waals surface area (Å²) in [6.07, 6.45) is 6.54. The number of fused-ring (bicyclic) bond motifs is 1. The van der Waals surface area contributed by atoms with Crippen molar-refractivity contribution >= 4 is 22.8 Å². The van der Waals surface area contributed by atoms with Crippen LogP contribution in [0.4, 0.5) is 0 Å². The molecule has 2 aromatic rings. The topological polar surface area (TPSA) is 88.8 Å². The highest BCUT2D eigenvalue weighted by molar-refractivity contribution is 5.91. The summed E-state index contributed by atoms with van der Waals surface area (Å²) in [5, 5.41) is 12.5. The summed E-state index contributed by atoms with van der Waals surface area (Å²) in [6.45, 7) is 1.38. The largest absolute Gasteiger partial charge is 0.497 e. The number of benzene rings is 1. The Morgan fingerprint density at radius 3 is 2.83 bits per heavy atom. The van der Waals surface area contributed by atoms with Crippen LogP contribution in [-0.2, 0) is 16.0 Å². The van der Waals surface area contributed by atoms with E-state index in [1.807, 2.05) is 0 Å². The van der Waals surface area contributed by atoms with Gasteiger partial charge in [-0.2, -0.15) is 0 Å². The fraction of sp³-hybridized carbons (Fsp3) is 0.294. The Bertz CT molecular complexity index is 786. The van der Waals surface area contributed by atoms with Gasteiger partial charge in [-0.15, -0.1) is 12.3 Å². The molecule has 0 spiro atoms. The molecule has 0 saturated carbocycles. The molecule has 2 rings (SSSR count). The number of aliphatic carboxylic acids is 1. The third-order valence-electron chi connectivity index (χ3n) is 3.56. The molecule has 0 unspecified atom stereocenters. The lowest BCUT2D eigenvalue weighted by Gasteiger charge is -2.23. The van der Waals surface area contributed by atoms with Gasteiger partial charge in [-0.1, -0.05) is 0 Å². The van der Waals surface area contributed by atoms with Gasteiger partial charge in [-0.05, 0) is 19.1 Å². The lowest BCUT2D eigenvalue weighted by atomic mass is 9.98. The third kappa shape index (κ3) is 3.46. The molecule has 6 nitrogen and oxygen atoms in total. The van der Waals surface area contributed by atoms with Crippen LogP contribution in [0.2, 0.25) is 0 Å². The number of nitrogens with one attached hydrogen (secondary N) is 1. The Labute approximate surface area is 133 Å². The Morgan fingerprint density at radius 1 is 1.48 bits per heavy atom. The molecule has 0 aliphatic rings. The van der Waals surface area contributed by atoms with E-state index in [1.165, 1.54) is 13.2 Å². The maximum atomic E-state index is 12.2. The highest BCUT2D eigenvalue weighted by atomic mass is 16.5. The van der Waals surface area contributed by atoms with E-state index in [0.29, 0.717) is 16.9 Å². The third-order valence-corrected chi connectivity index (χ3v) is 3.56. The lowest BCUT2D eigenvalue weighted by Crippen LogP contribution is -2.52. The van der Waals surface area contributed by atoms with Gasteiger partial charge >= 0.3 is 5.97 Å². The quantitative estimate of drug-likeness (QED) is 0.796. The highest BCUT2D eigenvalue weighted by Crippen LogP contribution is 2.26. The number of carboxylic acid groups (broad SMARTS) is 1. The minimum atomic E-state index is -1.49. The van der Waals surface area contributed by atoms with E-state index < -0.39 is 17.4 Å². The normalized spacial score (nSPS) is 13.1. The van der Waals surface area contributed by atoms with Crippen LogP contribution in [0, 0.1) is 12.3 Å². The summed E-state index contributed by atoms with van der Waals surface area (Å²) in [6, 6.07) is 5.27. The second-order valence-corrected chi connectivity index (χ2v) is 5.37. The molecule has 1 aromatic heterocycles. The minimum absolute atomic E-state index is 0.00717. The van der Waals surface area contributed by atoms with E-state index in [1.54, 1.807) is 25.3 Å². The van der Waals surface area contributed by atoms with Crippen molar-refractivity contribution in [1.29, 1.82) is 0 Å². The summed E-state index contributed by atoms with van der Waals surface area (Å²) < 4.78 is 10.5. The van der Waals surface area contributed by atoms with Gasteiger partial charge < -0.3 is 19.6 Å². The monoisotopic (exact) mass is 315 g/mol. The SMILES string of the molecule is C#CC[C@@](C)(NC(=O)Cc1coc2cc(OC)ccc12)C(=O)O. The number of rotatable bonds is 6. The first kappa shape index (κ1) is 16.4. The first-order chi connectivity index (χ1) is 10.9. The number of furan rings is 1. The summed E-state index contributed by atoms with van der Waals surface area (Å²) >= 11 is 0. The summed E-state index contributed by atoms with van der Waals surface area (Å²) in [5.74, 6) is 1.30. The molecule has 2 N–H and O–H groups in total. The van der Waals surface area contributed by atoms with Crippen molar-refractivity contribution in [3.05, 3.63) is 30.0 Å². The van der Waals surface area contributed by atoms with E-state index in [0.717, 1.165) is 5.39 Å². The van der Waals surface area contributed by atoms with Gasteiger partial charge in [0.25, 0.3) is 0 Å². The van der Waals surface area contributed by atoms with Gasteiger partial charge in [0.05, 0.1) is 19.8 Å². The van der Waals surface area contributed by atoms with Crippen molar-refractivity contribution in [1.82, 2.24) is 5.32 Å². The zero-order chi connectivity index (χ0) is 17.0. The van der Waals surface area contributed by atoms with E-state index in [2.05, 4.69) is 11.2 Å². The molecule has 120 valence electrons. The van der Waals surface area contributed by atoms with Gasteiger partial charge in [0.15, 0.2) is 0 Å². The molecule has 23 heavy (non-hydrogen) atoms. The van der Waals surface area contributed by atoms with Crippen molar-refractivity contribution in [2.45, 2.75) is 25.3 Å². The van der Waals surface area contributed by atoms with Crippen molar-refractivity contribution in [2.75, 3.05) is 7.11 Å². The van der Waals surface area contributed by atoms with Crippen LogP contribution in [0.25, 0.3) is 11.0 Å². The van der Waals surface area contributed by atoms with E-state index >= 15 is 0 Å².